The van der Waals surface area contributed by atoms with E-state index in [1.165, 1.54) is 24.3 Å². The summed E-state index contributed by atoms with van der Waals surface area (Å²) in [5.41, 5.74) is 1.02. The van der Waals surface area contributed by atoms with Crippen molar-refractivity contribution in [2.45, 2.75) is 0 Å². The lowest BCUT2D eigenvalue weighted by Gasteiger charge is -2.12. The number of thioether (sulfide) groups is 1. The lowest BCUT2D eigenvalue weighted by molar-refractivity contribution is -0.127. The first-order valence-electron chi connectivity index (χ1n) is 7.59. The highest BCUT2D eigenvalue weighted by Gasteiger charge is 2.36. The van der Waals surface area contributed by atoms with Crippen LogP contribution in [-0.2, 0) is 9.59 Å². The number of halogens is 3. The molecule has 1 aliphatic heterocycles. The van der Waals surface area contributed by atoms with E-state index in [1.54, 1.807) is 24.3 Å². The molecule has 0 saturated carbocycles. The third-order valence-electron chi connectivity index (χ3n) is 3.53. The third kappa shape index (κ3) is 4.77. The summed E-state index contributed by atoms with van der Waals surface area (Å²) in [5.74, 6) is -1.53. The highest BCUT2D eigenvalue weighted by molar-refractivity contribution is 9.10. The number of carbonyl (C=O) groups excluding carboxylic acids is 3. The Hall–Kier alpha value is -2.16. The fraction of sp³-hybridized carbons (Fsp3) is 0.0556. The van der Waals surface area contributed by atoms with Crippen LogP contribution < -0.4 is 5.32 Å². The molecule has 2 aromatic rings. The zero-order valence-electron chi connectivity index (χ0n) is 13.5. The summed E-state index contributed by atoms with van der Waals surface area (Å²) >= 11 is 9.65. The highest BCUT2D eigenvalue weighted by Crippen LogP contribution is 2.32. The van der Waals surface area contributed by atoms with E-state index in [-0.39, 0.29) is 9.38 Å². The van der Waals surface area contributed by atoms with Crippen LogP contribution in [0.25, 0.3) is 6.08 Å². The predicted octanol–water partition coefficient (Wildman–Crippen LogP) is 4.92. The summed E-state index contributed by atoms with van der Waals surface area (Å²) in [4.78, 5) is 37.7. The summed E-state index contributed by atoms with van der Waals surface area (Å²) in [6, 6.07) is 10.8. The number of carbonyl (C=O) groups is 3. The first-order chi connectivity index (χ1) is 12.8. The average Bonchev–Trinajstić information content (AvgIpc) is 2.85. The van der Waals surface area contributed by atoms with Crippen molar-refractivity contribution in [1.82, 2.24) is 4.90 Å². The standard InChI is InChI=1S/C18H11BrClFN2O3S/c19-13-6-10(4-5-14(13)21)7-15-17(25)23(18(26)27-15)9-16(24)22-12-3-1-2-11(20)8-12/h1-8H,9H2,(H,22,24)/b15-7+. The molecule has 1 fully saturated rings. The molecule has 1 N–H and O–H groups in total. The Bertz CT molecular complexity index is 983. The van der Waals surface area contributed by atoms with Crippen LogP contribution in [0.3, 0.4) is 0 Å². The maximum Gasteiger partial charge on any atom is 0.294 e. The van der Waals surface area contributed by atoms with Crippen LogP contribution in [0.15, 0.2) is 51.8 Å². The van der Waals surface area contributed by atoms with Gasteiger partial charge in [0.05, 0.1) is 9.38 Å². The Labute approximate surface area is 171 Å². The Morgan fingerprint density at radius 2 is 2.04 bits per heavy atom. The second-order valence-corrected chi connectivity index (χ2v) is 7.78. The maximum atomic E-state index is 13.3. The molecule has 9 heteroatoms. The minimum atomic E-state index is -0.577. The number of amides is 3. The lowest BCUT2D eigenvalue weighted by atomic mass is 10.2. The number of hydrogen-bond donors (Lipinski definition) is 1. The van der Waals surface area contributed by atoms with Gasteiger partial charge < -0.3 is 5.32 Å². The lowest BCUT2D eigenvalue weighted by Crippen LogP contribution is -2.36. The number of hydrogen-bond acceptors (Lipinski definition) is 4. The molecule has 5 nitrogen and oxygen atoms in total. The fourth-order valence-corrected chi connectivity index (χ4v) is 3.73. The SMILES string of the molecule is O=C(CN1C(=O)S/C(=C/c2ccc(F)c(Br)c2)C1=O)Nc1cccc(Cl)c1. The smallest absolute Gasteiger partial charge is 0.294 e. The van der Waals surface area contributed by atoms with Crippen molar-refractivity contribution >= 4 is 68.1 Å². The largest absolute Gasteiger partial charge is 0.324 e. The van der Waals surface area contributed by atoms with Crippen LogP contribution in [-0.4, -0.2) is 28.5 Å². The summed E-state index contributed by atoms with van der Waals surface area (Å²) < 4.78 is 13.6. The Morgan fingerprint density at radius 3 is 2.74 bits per heavy atom. The first kappa shape index (κ1) is 19.6. The third-order valence-corrected chi connectivity index (χ3v) is 5.28. The quantitative estimate of drug-likeness (QED) is 0.646. The monoisotopic (exact) mass is 468 g/mol. The van der Waals surface area contributed by atoms with E-state index in [0.29, 0.717) is 16.3 Å². The molecule has 3 amide bonds. The van der Waals surface area contributed by atoms with Gasteiger partial charge in [0, 0.05) is 10.7 Å². The fourth-order valence-electron chi connectivity index (χ4n) is 2.30. The van der Waals surface area contributed by atoms with Crippen molar-refractivity contribution in [3.05, 3.63) is 68.2 Å². The predicted molar refractivity (Wildman–Crippen MR) is 107 cm³/mol. The molecule has 138 valence electrons. The maximum absolute atomic E-state index is 13.3. The van der Waals surface area contributed by atoms with Gasteiger partial charge in [-0.15, -0.1) is 0 Å². The molecule has 0 bridgehead atoms. The van der Waals surface area contributed by atoms with Gasteiger partial charge in [0.25, 0.3) is 11.1 Å². The summed E-state index contributed by atoms with van der Waals surface area (Å²) in [6.07, 6.45) is 1.48. The summed E-state index contributed by atoms with van der Waals surface area (Å²) in [6.45, 7) is -0.415. The van der Waals surface area contributed by atoms with Crippen molar-refractivity contribution in [1.29, 1.82) is 0 Å². The van der Waals surface area contributed by atoms with E-state index < -0.39 is 29.4 Å². The molecule has 0 atom stereocenters. The van der Waals surface area contributed by atoms with Gasteiger partial charge in [-0.1, -0.05) is 23.7 Å². The van der Waals surface area contributed by atoms with Crippen molar-refractivity contribution in [2.75, 3.05) is 11.9 Å². The molecule has 0 radical (unpaired) electrons. The van der Waals surface area contributed by atoms with E-state index in [9.17, 15) is 18.8 Å². The minimum absolute atomic E-state index is 0.161. The number of rotatable bonds is 4. The first-order valence-corrected chi connectivity index (χ1v) is 9.58. The molecule has 0 spiro atoms. The Balaban J connectivity index is 1.71. The van der Waals surface area contributed by atoms with Gasteiger partial charge in [-0.3, -0.25) is 19.3 Å². The normalized spacial score (nSPS) is 15.5. The zero-order chi connectivity index (χ0) is 19.6. The zero-order valence-corrected chi connectivity index (χ0v) is 16.7. The molecule has 1 heterocycles. The number of nitrogens with one attached hydrogen (secondary N) is 1. The molecule has 0 unspecified atom stereocenters. The summed E-state index contributed by atoms with van der Waals surface area (Å²) in [5, 5.41) is 2.49. The van der Waals surface area contributed by atoms with Gasteiger partial charge in [-0.05, 0) is 69.7 Å². The summed E-state index contributed by atoms with van der Waals surface area (Å²) in [7, 11) is 0. The molecule has 3 rings (SSSR count). The molecular weight excluding hydrogens is 459 g/mol. The van der Waals surface area contributed by atoms with Crippen molar-refractivity contribution in [2.24, 2.45) is 0 Å². The number of benzene rings is 2. The van der Waals surface area contributed by atoms with Gasteiger partial charge in [-0.2, -0.15) is 0 Å². The van der Waals surface area contributed by atoms with Crippen LogP contribution in [0.1, 0.15) is 5.56 Å². The Morgan fingerprint density at radius 1 is 1.26 bits per heavy atom. The van der Waals surface area contributed by atoms with Crippen molar-refractivity contribution < 1.29 is 18.8 Å². The van der Waals surface area contributed by atoms with Crippen LogP contribution in [0.5, 0.6) is 0 Å². The second kappa shape index (κ2) is 8.24. The van der Waals surface area contributed by atoms with Crippen molar-refractivity contribution in [3.8, 4) is 0 Å². The number of nitrogens with zero attached hydrogens (tertiary/aromatic N) is 1. The molecule has 1 saturated heterocycles. The van der Waals surface area contributed by atoms with Gasteiger partial charge in [0.1, 0.15) is 12.4 Å². The van der Waals surface area contributed by atoms with E-state index in [1.807, 2.05) is 0 Å². The van der Waals surface area contributed by atoms with E-state index in [2.05, 4.69) is 21.2 Å². The van der Waals surface area contributed by atoms with Gasteiger partial charge >= 0.3 is 0 Å². The second-order valence-electron chi connectivity index (χ2n) is 5.50. The average molecular weight is 470 g/mol. The van der Waals surface area contributed by atoms with Gasteiger partial charge in [-0.25, -0.2) is 4.39 Å². The van der Waals surface area contributed by atoms with Crippen molar-refractivity contribution in [3.63, 3.8) is 0 Å². The van der Waals surface area contributed by atoms with E-state index >= 15 is 0 Å². The van der Waals surface area contributed by atoms with Gasteiger partial charge in [0.15, 0.2) is 0 Å². The Kier molecular flexibility index (Phi) is 5.98. The number of anilines is 1. The van der Waals surface area contributed by atoms with Crippen LogP contribution >= 0.6 is 39.3 Å². The van der Waals surface area contributed by atoms with Crippen LogP contribution in [0.2, 0.25) is 5.02 Å². The van der Waals surface area contributed by atoms with Gasteiger partial charge in [0.2, 0.25) is 5.91 Å². The highest BCUT2D eigenvalue weighted by atomic mass is 79.9. The molecule has 1 aliphatic rings. The van der Waals surface area contributed by atoms with Crippen LogP contribution in [0, 0.1) is 5.82 Å². The number of imide groups is 1. The molecule has 2 aromatic carbocycles. The molecule has 0 aromatic heterocycles. The molecule has 0 aliphatic carbocycles. The molecule has 27 heavy (non-hydrogen) atoms. The molecular formula is C18H11BrClFN2O3S. The minimum Gasteiger partial charge on any atom is -0.324 e. The topological polar surface area (TPSA) is 66.5 Å². The van der Waals surface area contributed by atoms with E-state index in [0.717, 1.165) is 16.7 Å². The van der Waals surface area contributed by atoms with Crippen LogP contribution in [0.4, 0.5) is 14.9 Å². The van der Waals surface area contributed by atoms with E-state index in [4.69, 9.17) is 11.6 Å².